The van der Waals surface area contributed by atoms with Gasteiger partial charge in [0.05, 0.1) is 35.7 Å². The van der Waals surface area contributed by atoms with Crippen molar-refractivity contribution in [3.05, 3.63) is 47.2 Å². The van der Waals surface area contributed by atoms with Crippen molar-refractivity contribution < 1.29 is 53.4 Å². The van der Waals surface area contributed by atoms with Crippen LogP contribution >= 0.6 is 0 Å². The Morgan fingerprint density at radius 2 is 1.78 bits per heavy atom. The van der Waals surface area contributed by atoms with E-state index in [-0.39, 0.29) is 37.1 Å². The summed E-state index contributed by atoms with van der Waals surface area (Å²) in [5, 5.41) is 35.6. The number of carbonyl (C=O) groups is 4. The molecule has 3 aliphatic carbocycles. The molecule has 5 rings (SSSR count). The van der Waals surface area contributed by atoms with Crippen LogP contribution < -0.4 is 0 Å². The van der Waals surface area contributed by atoms with Crippen molar-refractivity contribution in [3.8, 4) is 0 Å². The summed E-state index contributed by atoms with van der Waals surface area (Å²) in [6, 6.07) is 8.04. The number of ketones is 1. The minimum absolute atomic E-state index is 0.0856. The van der Waals surface area contributed by atoms with Gasteiger partial charge in [-0.15, -0.1) is 0 Å². The summed E-state index contributed by atoms with van der Waals surface area (Å²) in [5.74, 6) is -4.87. The lowest BCUT2D eigenvalue weighted by Gasteiger charge is -2.67. The highest BCUT2D eigenvalue weighted by Gasteiger charge is 2.77. The molecule has 1 unspecified atom stereocenters. The van der Waals surface area contributed by atoms with Gasteiger partial charge in [-0.3, -0.25) is 14.4 Å². The highest BCUT2D eigenvalue weighted by molar-refractivity contribution is 6.01. The average molecular weight is 573 g/mol. The predicted octanol–water partition coefficient (Wildman–Crippen LogP) is 1.47. The number of hydrogen-bond donors (Lipinski definition) is 3. The smallest absolute Gasteiger partial charge is 0.338 e. The molecule has 0 amide bonds. The number of benzene rings is 1. The van der Waals surface area contributed by atoms with E-state index in [1.807, 2.05) is 0 Å². The maximum Gasteiger partial charge on any atom is 0.338 e. The van der Waals surface area contributed by atoms with Crippen molar-refractivity contribution in [2.45, 2.75) is 83.1 Å². The molecular weight excluding hydrogens is 536 g/mol. The molecular formula is C30H36O11. The number of ether oxygens (including phenoxy) is 4. The van der Waals surface area contributed by atoms with Crippen LogP contribution in [0.5, 0.6) is 0 Å². The van der Waals surface area contributed by atoms with Crippen LogP contribution in [0.15, 0.2) is 41.7 Å². The van der Waals surface area contributed by atoms with Gasteiger partial charge in [0.1, 0.15) is 17.8 Å². The van der Waals surface area contributed by atoms with E-state index in [0.717, 1.165) is 0 Å². The molecule has 2 saturated carbocycles. The first kappa shape index (κ1) is 29.4. The van der Waals surface area contributed by atoms with Crippen LogP contribution in [-0.4, -0.2) is 81.7 Å². The molecule has 222 valence electrons. The zero-order valence-electron chi connectivity index (χ0n) is 23.7. The Balaban J connectivity index is 1.85. The quantitative estimate of drug-likeness (QED) is 0.266. The second kappa shape index (κ2) is 9.72. The molecule has 41 heavy (non-hydrogen) atoms. The molecule has 11 heteroatoms. The SMILES string of the molecule is CC(=O)O[C@@]12CO[C@@H]1C[C@H](O)[C@@]1(C)C(=O)C(OC=O)=C3C(C)[C@@H](O)C[C@@](O)([C@@H](OC(=O)c4ccccc4)[C@H]21)C3(C)C. The number of fused-ring (bicyclic) bond motifs is 5. The van der Waals surface area contributed by atoms with E-state index >= 15 is 0 Å². The van der Waals surface area contributed by atoms with Crippen LogP contribution in [0, 0.1) is 22.7 Å². The van der Waals surface area contributed by atoms with E-state index in [9.17, 15) is 34.5 Å². The van der Waals surface area contributed by atoms with Crippen LogP contribution in [-0.2, 0) is 33.3 Å². The molecule has 9 atom stereocenters. The summed E-state index contributed by atoms with van der Waals surface area (Å²) in [6.45, 7) is 7.37. The van der Waals surface area contributed by atoms with E-state index in [1.165, 1.54) is 26.0 Å². The van der Waals surface area contributed by atoms with E-state index in [2.05, 4.69) is 0 Å². The number of aliphatic hydroxyl groups is 3. The highest BCUT2D eigenvalue weighted by atomic mass is 16.6. The summed E-state index contributed by atoms with van der Waals surface area (Å²) in [6.07, 6.45) is -5.59. The lowest BCUT2D eigenvalue weighted by molar-refractivity contribution is -0.345. The number of carbonyl (C=O) groups excluding carboxylic acids is 4. The molecule has 1 aromatic rings. The van der Waals surface area contributed by atoms with E-state index in [4.69, 9.17) is 18.9 Å². The maximum atomic E-state index is 14.6. The molecule has 0 spiro atoms. The third-order valence-corrected chi connectivity index (χ3v) is 10.1. The maximum absolute atomic E-state index is 14.6. The number of allylic oxidation sites excluding steroid dienone is 1. The fourth-order valence-electron chi connectivity index (χ4n) is 7.81. The monoisotopic (exact) mass is 572 g/mol. The topological polar surface area (TPSA) is 166 Å². The second-order valence-corrected chi connectivity index (χ2v) is 12.4. The van der Waals surface area contributed by atoms with Gasteiger partial charge in [-0.2, -0.15) is 0 Å². The highest BCUT2D eigenvalue weighted by Crippen LogP contribution is 2.64. The van der Waals surface area contributed by atoms with Crippen molar-refractivity contribution in [1.82, 2.24) is 0 Å². The van der Waals surface area contributed by atoms with Gasteiger partial charge >= 0.3 is 11.9 Å². The van der Waals surface area contributed by atoms with Gasteiger partial charge in [0.2, 0.25) is 5.78 Å². The summed E-state index contributed by atoms with van der Waals surface area (Å²) in [5.41, 5.74) is -6.71. The first-order valence-electron chi connectivity index (χ1n) is 13.7. The average Bonchev–Trinajstić information content (AvgIpc) is 2.91. The molecule has 3 N–H and O–H groups in total. The predicted molar refractivity (Wildman–Crippen MR) is 140 cm³/mol. The van der Waals surface area contributed by atoms with Crippen LogP contribution in [0.2, 0.25) is 0 Å². The summed E-state index contributed by atoms with van der Waals surface area (Å²) >= 11 is 0. The van der Waals surface area contributed by atoms with Gasteiger partial charge < -0.3 is 34.3 Å². The minimum atomic E-state index is -2.10. The molecule has 3 fully saturated rings. The number of rotatable bonds is 5. The van der Waals surface area contributed by atoms with Crippen LogP contribution in [0.1, 0.15) is 57.8 Å². The fraction of sp³-hybridized carbons (Fsp3) is 0.600. The Labute approximate surface area is 237 Å². The third kappa shape index (κ3) is 3.93. The van der Waals surface area contributed by atoms with Crippen molar-refractivity contribution >= 4 is 24.2 Å². The molecule has 1 aliphatic heterocycles. The Morgan fingerprint density at radius 3 is 2.34 bits per heavy atom. The Kier molecular flexibility index (Phi) is 6.97. The standard InChI is InChI=1S/C30H36O11/c1-15-18(33)12-30(37)25(40-26(36)17-9-7-6-8-10-17)23-28(5,24(35)22(39-14-31)21(15)27(30,3)4)19(34)11-20-29(23,13-38-20)41-16(2)32/h6-10,14-15,18-20,23,25,33-34,37H,11-13H2,1-5H3/t15?,18-,19-,20+,23-,25-,28+,29-,30+/m0/s1. The van der Waals surface area contributed by atoms with Crippen LogP contribution in [0.4, 0.5) is 0 Å². The van der Waals surface area contributed by atoms with Crippen molar-refractivity contribution in [3.63, 3.8) is 0 Å². The van der Waals surface area contributed by atoms with E-state index in [0.29, 0.717) is 0 Å². The minimum Gasteiger partial charge on any atom is -0.455 e. The zero-order valence-corrected chi connectivity index (χ0v) is 23.7. The summed E-state index contributed by atoms with van der Waals surface area (Å²) in [4.78, 5) is 52.5. The Hall–Kier alpha value is -3.12. The lowest BCUT2D eigenvalue weighted by Crippen LogP contribution is -2.81. The van der Waals surface area contributed by atoms with Gasteiger partial charge in [0.25, 0.3) is 6.47 Å². The molecule has 1 heterocycles. The van der Waals surface area contributed by atoms with Gasteiger partial charge in [-0.05, 0) is 24.6 Å². The molecule has 0 aromatic heterocycles. The van der Waals surface area contributed by atoms with E-state index in [1.54, 1.807) is 39.0 Å². The van der Waals surface area contributed by atoms with Gasteiger partial charge in [-0.1, -0.05) is 39.0 Å². The third-order valence-electron chi connectivity index (χ3n) is 10.1. The van der Waals surface area contributed by atoms with Gasteiger partial charge in [-0.25, -0.2) is 4.79 Å². The first-order chi connectivity index (χ1) is 19.2. The summed E-state index contributed by atoms with van der Waals surface area (Å²) < 4.78 is 23.1. The lowest BCUT2D eigenvalue weighted by atomic mass is 9.45. The second-order valence-electron chi connectivity index (χ2n) is 12.4. The molecule has 11 nitrogen and oxygen atoms in total. The van der Waals surface area contributed by atoms with Crippen LogP contribution in [0.25, 0.3) is 0 Å². The van der Waals surface area contributed by atoms with Crippen molar-refractivity contribution in [2.24, 2.45) is 22.7 Å². The van der Waals surface area contributed by atoms with Gasteiger partial charge in [0, 0.05) is 31.1 Å². The zero-order chi connectivity index (χ0) is 30.1. The Morgan fingerprint density at radius 1 is 1.12 bits per heavy atom. The largest absolute Gasteiger partial charge is 0.455 e. The van der Waals surface area contributed by atoms with Gasteiger partial charge in [0.15, 0.2) is 11.4 Å². The summed E-state index contributed by atoms with van der Waals surface area (Å²) in [7, 11) is 0. The van der Waals surface area contributed by atoms with Crippen molar-refractivity contribution in [2.75, 3.05) is 6.61 Å². The molecule has 0 radical (unpaired) electrons. The molecule has 1 saturated heterocycles. The Bertz CT molecular complexity index is 1300. The molecule has 4 aliphatic rings. The van der Waals surface area contributed by atoms with Crippen molar-refractivity contribution in [1.29, 1.82) is 0 Å². The van der Waals surface area contributed by atoms with E-state index < -0.39 is 81.8 Å². The number of esters is 2. The number of hydrogen-bond acceptors (Lipinski definition) is 11. The number of aliphatic hydroxyl groups excluding tert-OH is 2. The first-order valence-corrected chi connectivity index (χ1v) is 13.7. The molecule has 1 aromatic carbocycles. The normalized spacial score (nSPS) is 41.0. The number of Topliss-reactive ketones (excluding diaryl/α,β-unsaturated/α-hetero) is 1. The molecule has 2 bridgehead atoms. The fourth-order valence-corrected chi connectivity index (χ4v) is 7.81. The van der Waals surface area contributed by atoms with Crippen LogP contribution in [0.3, 0.4) is 0 Å².